The number of aromatic carboxylic acids is 1. The van der Waals surface area contributed by atoms with Crippen LogP contribution in [-0.4, -0.2) is 70.3 Å². The summed E-state index contributed by atoms with van der Waals surface area (Å²) in [6.45, 7) is 4.08. The highest BCUT2D eigenvalue weighted by Crippen LogP contribution is 2.24. The molecule has 14 nitrogen and oxygen atoms in total. The Morgan fingerprint density at radius 2 is 1.19 bits per heavy atom. The number of aromatic nitrogens is 6. The number of nitrogens with zero attached hydrogens (tertiary/aromatic N) is 6. The highest BCUT2D eigenvalue weighted by Gasteiger charge is 2.14. The Balaban J connectivity index is 0.000000164. The quantitative estimate of drug-likeness (QED) is 0.0525. The first kappa shape index (κ1) is 45.3. The van der Waals surface area contributed by atoms with Crippen LogP contribution in [0.3, 0.4) is 0 Å². The second-order valence-corrected chi connectivity index (χ2v) is 16.2. The molecule has 8 aromatic rings. The highest BCUT2D eigenvalue weighted by atomic mass is 127. The van der Waals surface area contributed by atoms with E-state index < -0.39 is 13.1 Å². The van der Waals surface area contributed by atoms with Crippen molar-refractivity contribution in [2.24, 2.45) is 0 Å². The van der Waals surface area contributed by atoms with Crippen molar-refractivity contribution in [1.29, 1.82) is 0 Å². The molecule has 316 valence electrons. The summed E-state index contributed by atoms with van der Waals surface area (Å²) in [6.07, 6.45) is 6.94. The molecule has 0 saturated heterocycles. The summed E-state index contributed by atoms with van der Waals surface area (Å²) in [5, 5.41) is 39.8. The van der Waals surface area contributed by atoms with Crippen LogP contribution >= 0.6 is 45.3 Å². The van der Waals surface area contributed by atoms with E-state index in [1.165, 1.54) is 39.8 Å². The Bertz CT molecular complexity index is 2600. The third-order valence-electron chi connectivity index (χ3n) is 8.49. The predicted molar refractivity (Wildman–Crippen MR) is 246 cm³/mol. The smallest absolute Gasteiger partial charge is 0.486 e. The number of esters is 1. The first-order valence-electron chi connectivity index (χ1n) is 19.0. The summed E-state index contributed by atoms with van der Waals surface area (Å²) in [6, 6.07) is 35.5. The van der Waals surface area contributed by atoms with Gasteiger partial charge in [-0.05, 0) is 82.6 Å². The van der Waals surface area contributed by atoms with Gasteiger partial charge in [-0.1, -0.05) is 72.8 Å². The van der Waals surface area contributed by atoms with E-state index in [4.69, 9.17) is 29.4 Å². The molecule has 0 amide bonds. The van der Waals surface area contributed by atoms with Gasteiger partial charge in [-0.15, -0.1) is 22.7 Å². The van der Waals surface area contributed by atoms with Crippen molar-refractivity contribution in [3.05, 3.63) is 181 Å². The molecular weight excluding hydrogens is 942 g/mol. The predicted octanol–water partition coefficient (Wildman–Crippen LogP) is 7.45. The number of carbonyl (C=O) groups is 2. The second-order valence-electron chi connectivity index (χ2n) is 13.1. The summed E-state index contributed by atoms with van der Waals surface area (Å²) in [7, 11) is -1.45. The highest BCUT2D eigenvalue weighted by molar-refractivity contribution is 14.1. The molecule has 4 aromatic heterocycles. The molecule has 18 heteroatoms. The average Bonchev–Trinajstić information content (AvgIpc) is 4.13. The third-order valence-corrected chi connectivity index (χ3v) is 10.9. The minimum Gasteiger partial charge on any atom is -0.486 e. The van der Waals surface area contributed by atoms with Gasteiger partial charge < -0.3 is 29.4 Å². The normalized spacial score (nSPS) is 10.5. The van der Waals surface area contributed by atoms with Crippen LogP contribution < -0.4 is 14.9 Å². The first-order chi connectivity index (χ1) is 30.1. The lowest BCUT2D eigenvalue weighted by molar-refractivity contribution is 0.0519. The molecule has 4 heterocycles. The third kappa shape index (κ3) is 14.2. The molecule has 0 aliphatic heterocycles. The molecule has 0 saturated carbocycles. The van der Waals surface area contributed by atoms with E-state index in [-0.39, 0.29) is 18.3 Å². The summed E-state index contributed by atoms with van der Waals surface area (Å²) >= 11 is 4.90. The number of carboxylic acids is 1. The fourth-order valence-corrected chi connectivity index (χ4v) is 7.17. The number of benzene rings is 4. The summed E-state index contributed by atoms with van der Waals surface area (Å²) in [5.74, 6) is 0.0692. The zero-order valence-electron chi connectivity index (χ0n) is 33.2. The Hall–Kier alpha value is -6.19. The first-order valence-corrected chi connectivity index (χ1v) is 21.8. The molecular formula is C44H40BIN6O8S2. The van der Waals surface area contributed by atoms with E-state index in [2.05, 4.69) is 54.9 Å². The number of carboxylic acid groups (broad SMARTS) is 1. The monoisotopic (exact) mass is 982 g/mol. The van der Waals surface area contributed by atoms with Crippen molar-refractivity contribution < 1.29 is 39.0 Å². The zero-order valence-corrected chi connectivity index (χ0v) is 37.0. The molecule has 62 heavy (non-hydrogen) atoms. The van der Waals surface area contributed by atoms with E-state index >= 15 is 0 Å². The molecule has 3 N–H and O–H groups in total. The van der Waals surface area contributed by atoms with Crippen LogP contribution in [0.5, 0.6) is 11.5 Å². The van der Waals surface area contributed by atoms with Crippen LogP contribution in [0.25, 0.3) is 11.1 Å². The Labute approximate surface area is 379 Å². The van der Waals surface area contributed by atoms with Crippen molar-refractivity contribution in [3.63, 3.8) is 0 Å². The molecule has 0 unspecified atom stereocenters. The number of hydrogen-bond donors (Lipinski definition) is 3. The van der Waals surface area contributed by atoms with Gasteiger partial charge in [0.25, 0.3) is 0 Å². The van der Waals surface area contributed by atoms with Crippen LogP contribution in [0.1, 0.15) is 49.0 Å². The van der Waals surface area contributed by atoms with Gasteiger partial charge >= 0.3 is 19.1 Å². The van der Waals surface area contributed by atoms with Gasteiger partial charge in [0.1, 0.15) is 34.7 Å². The minimum atomic E-state index is -1.45. The Kier molecular flexibility index (Phi) is 16.9. The van der Waals surface area contributed by atoms with Crippen molar-refractivity contribution >= 4 is 69.8 Å². The maximum atomic E-state index is 11.5. The Morgan fingerprint density at radius 1 is 0.677 bits per heavy atom. The van der Waals surface area contributed by atoms with Crippen LogP contribution in [0.15, 0.2) is 145 Å². The number of rotatable bonds is 15. The van der Waals surface area contributed by atoms with Gasteiger partial charge in [0, 0.05) is 43.9 Å². The zero-order chi connectivity index (χ0) is 43.7. The molecule has 0 fully saturated rings. The Morgan fingerprint density at radius 3 is 1.71 bits per heavy atom. The maximum absolute atomic E-state index is 11.5. The van der Waals surface area contributed by atoms with Crippen molar-refractivity contribution in [1.82, 2.24) is 29.5 Å². The summed E-state index contributed by atoms with van der Waals surface area (Å²) in [4.78, 5) is 30.5. The molecule has 0 bridgehead atoms. The SMILES string of the molecule is CCOC(=O)c1csc(COc2ccc(I)cc2)n1.O=C(O)c1csc(COc2ccc(-c3cnn(Cc4ccccc4)c3)cc2)n1.OB(O)c1cnn(Cc2ccccc2)c1. The largest absolute Gasteiger partial charge is 0.491 e. The molecule has 0 radical (unpaired) electrons. The molecule has 4 aromatic carbocycles. The maximum Gasteiger partial charge on any atom is 0.491 e. The van der Waals surface area contributed by atoms with Crippen LogP contribution in [0.4, 0.5) is 0 Å². The lowest BCUT2D eigenvalue weighted by atomic mass is 9.83. The van der Waals surface area contributed by atoms with Gasteiger partial charge in [-0.25, -0.2) is 19.6 Å². The van der Waals surface area contributed by atoms with Crippen LogP contribution in [-0.2, 0) is 31.0 Å². The van der Waals surface area contributed by atoms with E-state index in [1.807, 2.05) is 114 Å². The van der Waals surface area contributed by atoms with Gasteiger partial charge in [0.05, 0.1) is 25.9 Å². The standard InChI is InChI=1S/C21H17N3O3S.C13H12INO3S.C10H11BN2O2/c25-21(26)19-14-28-20(23-19)13-27-18-8-6-16(7-9-18)17-10-22-24(12-17)11-15-4-2-1-3-5-15;1-2-17-13(16)11-8-19-12(15-11)7-18-10-5-3-9(14)4-6-10;14-11(15)10-6-12-13(8-10)7-9-4-2-1-3-5-9/h1-10,12,14H,11,13H2,(H,25,26);3-6,8H,2,7H2,1H3;1-6,8,14-15H,7H2. The second kappa shape index (κ2) is 23.1. The van der Waals surface area contributed by atoms with E-state index in [1.54, 1.807) is 23.2 Å². The van der Waals surface area contributed by atoms with Gasteiger partial charge in [-0.3, -0.25) is 9.36 Å². The topological polar surface area (TPSA) is 184 Å². The van der Waals surface area contributed by atoms with Crippen molar-refractivity contribution in [2.75, 3.05) is 6.61 Å². The van der Waals surface area contributed by atoms with Gasteiger partial charge in [-0.2, -0.15) is 10.2 Å². The fraction of sp³-hybridized carbons (Fsp3) is 0.136. The lowest BCUT2D eigenvalue weighted by Gasteiger charge is -2.05. The number of carbonyl (C=O) groups excluding carboxylic acids is 1. The average molecular weight is 983 g/mol. The molecule has 0 aliphatic carbocycles. The molecule has 0 spiro atoms. The molecule has 0 atom stereocenters. The van der Waals surface area contributed by atoms with E-state index in [0.29, 0.717) is 41.7 Å². The van der Waals surface area contributed by atoms with E-state index in [9.17, 15) is 9.59 Å². The number of ether oxygens (including phenoxy) is 3. The number of hydrogen-bond acceptors (Lipinski definition) is 13. The summed E-state index contributed by atoms with van der Waals surface area (Å²) in [5.41, 5.74) is 5.21. The van der Waals surface area contributed by atoms with Crippen molar-refractivity contribution in [3.8, 4) is 22.6 Å². The molecule has 8 rings (SSSR count). The number of halogens is 1. The van der Waals surface area contributed by atoms with Crippen molar-refractivity contribution in [2.45, 2.75) is 33.2 Å². The number of thiazole rings is 2. The van der Waals surface area contributed by atoms with Gasteiger partial charge in [0.15, 0.2) is 11.4 Å². The van der Waals surface area contributed by atoms with E-state index in [0.717, 1.165) is 37.6 Å². The lowest BCUT2D eigenvalue weighted by Crippen LogP contribution is -2.28. The van der Waals surface area contributed by atoms with Crippen LogP contribution in [0.2, 0.25) is 0 Å². The minimum absolute atomic E-state index is 0.0477. The van der Waals surface area contributed by atoms with Crippen LogP contribution in [0, 0.1) is 3.57 Å². The fourth-order valence-electron chi connectivity index (χ4n) is 5.46. The molecule has 0 aliphatic rings. The van der Waals surface area contributed by atoms with Gasteiger partial charge in [0.2, 0.25) is 0 Å². The summed E-state index contributed by atoms with van der Waals surface area (Å²) < 4.78 is 20.9.